The number of pyridine rings is 1. The van der Waals surface area contributed by atoms with Crippen molar-refractivity contribution in [3.05, 3.63) is 53.2 Å². The molecular weight excluding hydrogens is 446 g/mol. The smallest absolute Gasteiger partial charge is 0.252 e. The van der Waals surface area contributed by atoms with Crippen molar-refractivity contribution in [2.75, 3.05) is 19.5 Å². The molecule has 0 aliphatic carbocycles. The van der Waals surface area contributed by atoms with Gasteiger partial charge in [-0.15, -0.1) is 0 Å². The second-order valence-corrected chi connectivity index (χ2v) is 8.54. The Morgan fingerprint density at radius 3 is 2.40 bits per heavy atom. The van der Waals surface area contributed by atoms with Crippen LogP contribution < -0.4 is 31.6 Å². The number of nitrogens with zero attached hydrogens (tertiary/aromatic N) is 1. The number of anilines is 2. The highest BCUT2D eigenvalue weighted by atomic mass is 16.5. The number of amides is 2. The minimum absolute atomic E-state index is 0.0384. The fraction of sp³-hybridized carbons (Fsp3) is 0.346. The molecule has 0 saturated carbocycles. The number of nitrogens with two attached hydrogens (primary N) is 2. The van der Waals surface area contributed by atoms with E-state index in [9.17, 15) is 9.59 Å². The molecule has 0 bridgehead atoms. The van der Waals surface area contributed by atoms with Crippen LogP contribution in [0.1, 0.15) is 42.3 Å². The summed E-state index contributed by atoms with van der Waals surface area (Å²) in [7, 11) is 3.09. The highest BCUT2D eigenvalue weighted by Crippen LogP contribution is 2.37. The summed E-state index contributed by atoms with van der Waals surface area (Å²) >= 11 is 0. The highest BCUT2D eigenvalue weighted by Gasteiger charge is 2.20. The van der Waals surface area contributed by atoms with Gasteiger partial charge in [0.1, 0.15) is 0 Å². The van der Waals surface area contributed by atoms with Gasteiger partial charge in [0.2, 0.25) is 5.91 Å². The van der Waals surface area contributed by atoms with Crippen molar-refractivity contribution in [1.82, 2.24) is 10.3 Å². The zero-order valence-corrected chi connectivity index (χ0v) is 20.8. The fourth-order valence-electron chi connectivity index (χ4n) is 3.91. The zero-order chi connectivity index (χ0) is 25.7. The molecule has 1 aromatic heterocycles. The lowest BCUT2D eigenvalue weighted by atomic mass is 10.0. The number of primary amides is 1. The molecule has 6 N–H and O–H groups in total. The van der Waals surface area contributed by atoms with E-state index in [1.54, 1.807) is 26.4 Å². The first-order valence-electron chi connectivity index (χ1n) is 11.5. The molecule has 35 heavy (non-hydrogen) atoms. The van der Waals surface area contributed by atoms with Crippen LogP contribution in [-0.2, 0) is 17.8 Å². The molecule has 1 atom stereocenters. The number of ether oxygens (including phenoxy) is 2. The molecule has 2 amide bonds. The molecule has 186 valence electrons. The topological polar surface area (TPSA) is 142 Å². The van der Waals surface area contributed by atoms with Crippen LogP contribution in [0.25, 0.3) is 10.9 Å². The summed E-state index contributed by atoms with van der Waals surface area (Å²) < 4.78 is 10.8. The number of hydrogen-bond donors (Lipinski definition) is 4. The first kappa shape index (κ1) is 25.8. The summed E-state index contributed by atoms with van der Waals surface area (Å²) in [5.41, 5.74) is 15.8. The lowest BCUT2D eigenvalue weighted by molar-refractivity contribution is -0.123. The van der Waals surface area contributed by atoms with E-state index in [0.29, 0.717) is 41.1 Å². The lowest BCUT2D eigenvalue weighted by Gasteiger charge is -2.20. The summed E-state index contributed by atoms with van der Waals surface area (Å²) in [5, 5.41) is 6.98. The van der Waals surface area contributed by atoms with Gasteiger partial charge in [0, 0.05) is 29.9 Å². The van der Waals surface area contributed by atoms with Crippen molar-refractivity contribution in [2.45, 2.75) is 39.8 Å². The summed E-state index contributed by atoms with van der Waals surface area (Å²) in [6.07, 6.45) is 2.14. The van der Waals surface area contributed by atoms with Gasteiger partial charge in [-0.2, -0.15) is 0 Å². The molecule has 0 saturated heterocycles. The maximum atomic E-state index is 12.4. The van der Waals surface area contributed by atoms with Crippen LogP contribution >= 0.6 is 0 Å². The number of nitrogens with one attached hydrogen (secondary N) is 2. The third-order valence-corrected chi connectivity index (χ3v) is 6.00. The van der Waals surface area contributed by atoms with E-state index in [4.69, 9.17) is 20.9 Å². The first-order chi connectivity index (χ1) is 16.7. The Morgan fingerprint density at radius 2 is 1.80 bits per heavy atom. The largest absolute Gasteiger partial charge is 0.493 e. The monoisotopic (exact) mass is 479 g/mol. The average molecular weight is 480 g/mol. The molecule has 0 aliphatic heterocycles. The van der Waals surface area contributed by atoms with Crippen LogP contribution in [0.15, 0.2) is 36.5 Å². The Labute approximate surface area is 205 Å². The van der Waals surface area contributed by atoms with E-state index < -0.39 is 11.9 Å². The first-order valence-corrected chi connectivity index (χ1v) is 11.5. The SMILES string of the molecule is CCc1c(CNC(=O)[C@@H](N)C(C)C)cccc1Nc1c(C(N)=O)cnc2cc(OC)c(OC)cc12. The van der Waals surface area contributed by atoms with Gasteiger partial charge in [0.05, 0.1) is 37.0 Å². The van der Waals surface area contributed by atoms with Gasteiger partial charge in [-0.25, -0.2) is 0 Å². The molecule has 0 unspecified atom stereocenters. The van der Waals surface area contributed by atoms with Crippen LogP contribution in [0.3, 0.4) is 0 Å². The number of aromatic nitrogens is 1. The molecule has 9 heteroatoms. The third-order valence-electron chi connectivity index (χ3n) is 6.00. The predicted molar refractivity (Wildman–Crippen MR) is 137 cm³/mol. The van der Waals surface area contributed by atoms with Gasteiger partial charge in [-0.1, -0.05) is 32.9 Å². The van der Waals surface area contributed by atoms with E-state index in [0.717, 1.165) is 16.8 Å². The van der Waals surface area contributed by atoms with Crippen LogP contribution in [0.5, 0.6) is 11.5 Å². The van der Waals surface area contributed by atoms with Gasteiger partial charge in [0.15, 0.2) is 11.5 Å². The maximum Gasteiger partial charge on any atom is 0.252 e. The molecular formula is C26H33N5O4. The van der Waals surface area contributed by atoms with Gasteiger partial charge >= 0.3 is 0 Å². The average Bonchev–Trinajstić information content (AvgIpc) is 2.85. The van der Waals surface area contributed by atoms with E-state index in [1.807, 2.05) is 39.0 Å². The standard InChI is InChI=1S/C26H33N5O4/c1-6-16-15(12-30-26(33)23(27)14(2)3)8-7-9-19(16)31-24-17-10-21(34-4)22(35-5)11-20(17)29-13-18(24)25(28)32/h7-11,13-14,23H,6,12,27H2,1-5H3,(H2,28,32)(H,29,31)(H,30,33)/t23-/m0/s1. The zero-order valence-electron chi connectivity index (χ0n) is 20.8. The maximum absolute atomic E-state index is 12.4. The van der Waals surface area contributed by atoms with Crippen molar-refractivity contribution >= 4 is 34.1 Å². The van der Waals surface area contributed by atoms with Gasteiger partial charge in [-0.05, 0) is 35.6 Å². The Balaban J connectivity index is 2.06. The van der Waals surface area contributed by atoms with E-state index in [2.05, 4.69) is 15.6 Å². The number of rotatable bonds is 10. The minimum Gasteiger partial charge on any atom is -0.493 e. The van der Waals surface area contributed by atoms with Crippen molar-refractivity contribution in [3.63, 3.8) is 0 Å². The molecule has 9 nitrogen and oxygen atoms in total. The van der Waals surface area contributed by atoms with E-state index in [1.165, 1.54) is 6.20 Å². The van der Waals surface area contributed by atoms with E-state index >= 15 is 0 Å². The van der Waals surface area contributed by atoms with Gasteiger partial charge < -0.3 is 31.6 Å². The summed E-state index contributed by atoms with van der Waals surface area (Å²) in [6, 6.07) is 8.70. The van der Waals surface area contributed by atoms with Crippen LogP contribution in [0.4, 0.5) is 11.4 Å². The van der Waals surface area contributed by atoms with Crippen LogP contribution in [0.2, 0.25) is 0 Å². The number of hydrogen-bond acceptors (Lipinski definition) is 7. The predicted octanol–water partition coefficient (Wildman–Crippen LogP) is 3.26. The Morgan fingerprint density at radius 1 is 1.11 bits per heavy atom. The number of benzene rings is 2. The van der Waals surface area contributed by atoms with Crippen molar-refractivity contribution in [2.24, 2.45) is 17.4 Å². The molecule has 3 rings (SSSR count). The molecule has 2 aromatic carbocycles. The second-order valence-electron chi connectivity index (χ2n) is 8.54. The normalized spacial score (nSPS) is 11.9. The fourth-order valence-corrected chi connectivity index (χ4v) is 3.91. The third kappa shape index (κ3) is 5.46. The van der Waals surface area contributed by atoms with Crippen LogP contribution in [0, 0.1) is 5.92 Å². The molecule has 1 heterocycles. The highest BCUT2D eigenvalue weighted by molar-refractivity contribution is 6.08. The van der Waals surface area contributed by atoms with E-state index in [-0.39, 0.29) is 17.4 Å². The molecule has 0 spiro atoms. The quantitative estimate of drug-likeness (QED) is 0.350. The van der Waals surface area contributed by atoms with Crippen molar-refractivity contribution < 1.29 is 19.1 Å². The number of methoxy groups -OCH3 is 2. The number of carbonyl (C=O) groups excluding carboxylic acids is 2. The molecule has 0 aliphatic rings. The molecule has 0 radical (unpaired) electrons. The second kappa shape index (κ2) is 11.1. The number of fused-ring (bicyclic) bond motifs is 1. The molecule has 0 fully saturated rings. The lowest BCUT2D eigenvalue weighted by Crippen LogP contribution is -2.43. The Hall–Kier alpha value is -3.85. The van der Waals surface area contributed by atoms with Gasteiger partial charge in [-0.3, -0.25) is 14.6 Å². The Bertz CT molecular complexity index is 1240. The Kier molecular flexibility index (Phi) is 8.14. The molecule has 3 aromatic rings. The minimum atomic E-state index is -0.610. The van der Waals surface area contributed by atoms with Crippen molar-refractivity contribution in [1.29, 1.82) is 0 Å². The van der Waals surface area contributed by atoms with Gasteiger partial charge in [0.25, 0.3) is 5.91 Å². The summed E-state index contributed by atoms with van der Waals surface area (Å²) in [5.74, 6) is 0.256. The van der Waals surface area contributed by atoms with Crippen LogP contribution in [-0.4, -0.2) is 37.1 Å². The summed E-state index contributed by atoms with van der Waals surface area (Å²) in [4.78, 5) is 29.1. The summed E-state index contributed by atoms with van der Waals surface area (Å²) in [6.45, 7) is 6.18. The number of carbonyl (C=O) groups is 2. The van der Waals surface area contributed by atoms with Crippen molar-refractivity contribution in [3.8, 4) is 11.5 Å².